The molecule has 0 bridgehead atoms. The third-order valence-electron chi connectivity index (χ3n) is 2.79. The number of amides is 1. The molecule has 0 heterocycles. The highest BCUT2D eigenvalue weighted by Crippen LogP contribution is 2.38. The van der Waals surface area contributed by atoms with Gasteiger partial charge in [0.25, 0.3) is 5.91 Å². The Morgan fingerprint density at radius 1 is 1.15 bits per heavy atom. The summed E-state index contributed by atoms with van der Waals surface area (Å²) in [6.07, 6.45) is 0.773. The fourth-order valence-corrected chi connectivity index (χ4v) is 1.50. The minimum atomic E-state index is -0.336. The first-order valence-electron chi connectivity index (χ1n) is 6.20. The van der Waals surface area contributed by atoms with Gasteiger partial charge < -0.3 is 14.2 Å². The molecule has 0 aliphatic heterocycles. The zero-order valence-corrected chi connectivity index (χ0v) is 12.4. The monoisotopic (exact) mass is 280 g/mol. The highest BCUT2D eigenvalue weighted by atomic mass is 16.5. The van der Waals surface area contributed by atoms with Crippen LogP contribution in [0, 0.1) is 0 Å². The highest BCUT2D eigenvalue weighted by Gasteiger charge is 2.16. The summed E-state index contributed by atoms with van der Waals surface area (Å²) in [5, 5.41) is 3.98. The van der Waals surface area contributed by atoms with Crippen LogP contribution in [0.5, 0.6) is 17.2 Å². The van der Waals surface area contributed by atoms with Crippen molar-refractivity contribution in [1.82, 2.24) is 5.43 Å². The summed E-state index contributed by atoms with van der Waals surface area (Å²) in [6.45, 7) is 3.81. The average Bonchev–Trinajstić information content (AvgIpc) is 2.50. The summed E-state index contributed by atoms with van der Waals surface area (Å²) in [4.78, 5) is 12.0. The summed E-state index contributed by atoms with van der Waals surface area (Å²) in [7, 11) is 4.51. The van der Waals surface area contributed by atoms with Crippen LogP contribution in [-0.4, -0.2) is 32.9 Å². The van der Waals surface area contributed by atoms with E-state index in [1.807, 2.05) is 13.8 Å². The van der Waals surface area contributed by atoms with Crippen LogP contribution in [0.4, 0.5) is 0 Å². The topological polar surface area (TPSA) is 69.2 Å². The lowest BCUT2D eigenvalue weighted by Gasteiger charge is -2.13. The van der Waals surface area contributed by atoms with Gasteiger partial charge in [-0.1, -0.05) is 6.92 Å². The maximum atomic E-state index is 12.0. The molecule has 1 N–H and O–H groups in total. The zero-order chi connectivity index (χ0) is 15.1. The van der Waals surface area contributed by atoms with Crippen molar-refractivity contribution in [3.63, 3.8) is 0 Å². The van der Waals surface area contributed by atoms with Gasteiger partial charge in [-0.15, -0.1) is 0 Å². The molecule has 0 unspecified atom stereocenters. The Morgan fingerprint density at radius 2 is 1.70 bits per heavy atom. The second-order valence-corrected chi connectivity index (χ2v) is 4.06. The first kappa shape index (κ1) is 15.8. The van der Waals surface area contributed by atoms with Crippen molar-refractivity contribution in [1.29, 1.82) is 0 Å². The van der Waals surface area contributed by atoms with Crippen molar-refractivity contribution in [2.24, 2.45) is 5.10 Å². The molecule has 6 heteroatoms. The Labute approximate surface area is 118 Å². The van der Waals surface area contributed by atoms with E-state index >= 15 is 0 Å². The summed E-state index contributed by atoms with van der Waals surface area (Å²) in [6, 6.07) is 3.15. The molecule has 0 aliphatic rings. The van der Waals surface area contributed by atoms with E-state index in [1.165, 1.54) is 21.3 Å². The number of methoxy groups -OCH3 is 3. The lowest BCUT2D eigenvalue weighted by Crippen LogP contribution is -2.19. The zero-order valence-electron chi connectivity index (χ0n) is 12.4. The van der Waals surface area contributed by atoms with Crippen LogP contribution in [0.25, 0.3) is 0 Å². The Balaban J connectivity index is 3.10. The van der Waals surface area contributed by atoms with E-state index in [1.54, 1.807) is 12.1 Å². The molecule has 0 radical (unpaired) electrons. The number of nitrogens with one attached hydrogen (secondary N) is 1. The third-order valence-corrected chi connectivity index (χ3v) is 2.79. The highest BCUT2D eigenvalue weighted by molar-refractivity contribution is 5.96. The van der Waals surface area contributed by atoms with Crippen LogP contribution in [0.2, 0.25) is 0 Å². The second-order valence-electron chi connectivity index (χ2n) is 4.06. The van der Waals surface area contributed by atoms with Gasteiger partial charge in [-0.2, -0.15) is 5.10 Å². The number of hydrazone groups is 1. The Hall–Kier alpha value is -2.24. The maximum Gasteiger partial charge on any atom is 0.271 e. The van der Waals surface area contributed by atoms with Crippen LogP contribution in [0.1, 0.15) is 30.6 Å². The van der Waals surface area contributed by atoms with Crippen molar-refractivity contribution >= 4 is 11.6 Å². The second kappa shape index (κ2) is 7.37. The fourth-order valence-electron chi connectivity index (χ4n) is 1.50. The molecule has 0 atom stereocenters. The van der Waals surface area contributed by atoms with Gasteiger partial charge in [-0.05, 0) is 25.5 Å². The van der Waals surface area contributed by atoms with Crippen LogP contribution in [0.15, 0.2) is 17.2 Å². The Bertz CT molecular complexity index is 487. The van der Waals surface area contributed by atoms with Crippen molar-refractivity contribution in [3.05, 3.63) is 17.7 Å². The Morgan fingerprint density at radius 3 is 2.10 bits per heavy atom. The number of nitrogens with zero attached hydrogens (tertiary/aromatic N) is 1. The van der Waals surface area contributed by atoms with Gasteiger partial charge in [-0.3, -0.25) is 4.79 Å². The molecule has 1 amide bonds. The van der Waals surface area contributed by atoms with E-state index < -0.39 is 0 Å². The first-order valence-corrected chi connectivity index (χ1v) is 6.20. The van der Waals surface area contributed by atoms with Crippen molar-refractivity contribution in [3.8, 4) is 17.2 Å². The molecule has 0 spiro atoms. The number of carbonyl (C=O) groups excluding carboxylic acids is 1. The largest absolute Gasteiger partial charge is 0.493 e. The van der Waals surface area contributed by atoms with E-state index in [4.69, 9.17) is 14.2 Å². The van der Waals surface area contributed by atoms with E-state index in [0.717, 1.165) is 12.1 Å². The molecule has 6 nitrogen and oxygen atoms in total. The van der Waals surface area contributed by atoms with Gasteiger partial charge in [0.05, 0.1) is 21.3 Å². The summed E-state index contributed by atoms with van der Waals surface area (Å²) in [5.41, 5.74) is 3.71. The van der Waals surface area contributed by atoms with Crippen molar-refractivity contribution in [2.45, 2.75) is 20.3 Å². The SMILES string of the molecule is CC/C(C)=N/NC(=O)c1cc(OC)c(OC)c(OC)c1. The lowest BCUT2D eigenvalue weighted by atomic mass is 10.1. The van der Waals surface area contributed by atoms with Crippen molar-refractivity contribution in [2.75, 3.05) is 21.3 Å². The number of rotatable bonds is 6. The molecule has 1 rings (SSSR count). The average molecular weight is 280 g/mol. The van der Waals surface area contributed by atoms with Gasteiger partial charge in [0.1, 0.15) is 0 Å². The van der Waals surface area contributed by atoms with Crippen LogP contribution >= 0.6 is 0 Å². The third kappa shape index (κ3) is 3.63. The number of benzene rings is 1. The predicted molar refractivity (Wildman–Crippen MR) is 77.0 cm³/mol. The normalized spacial score (nSPS) is 10.9. The van der Waals surface area contributed by atoms with Gasteiger partial charge in [-0.25, -0.2) is 5.43 Å². The smallest absolute Gasteiger partial charge is 0.271 e. The number of carbonyl (C=O) groups is 1. The molecule has 0 aromatic heterocycles. The van der Waals surface area contributed by atoms with E-state index in [2.05, 4.69) is 10.5 Å². The van der Waals surface area contributed by atoms with E-state index in [-0.39, 0.29) is 5.91 Å². The summed E-state index contributed by atoms with van der Waals surface area (Å²) in [5.74, 6) is 0.957. The van der Waals surface area contributed by atoms with Crippen LogP contribution < -0.4 is 19.6 Å². The van der Waals surface area contributed by atoms with Crippen molar-refractivity contribution < 1.29 is 19.0 Å². The molecule has 0 saturated carbocycles. The van der Waals surface area contributed by atoms with Crippen LogP contribution in [0.3, 0.4) is 0 Å². The molecule has 1 aromatic carbocycles. The summed E-state index contributed by atoms with van der Waals surface area (Å²) >= 11 is 0. The molecule has 0 saturated heterocycles. The fraction of sp³-hybridized carbons (Fsp3) is 0.429. The molecule has 20 heavy (non-hydrogen) atoms. The quantitative estimate of drug-likeness (QED) is 0.641. The molecule has 1 aromatic rings. The minimum Gasteiger partial charge on any atom is -0.493 e. The minimum absolute atomic E-state index is 0.336. The van der Waals surface area contributed by atoms with Gasteiger partial charge in [0.2, 0.25) is 5.75 Å². The molecule has 0 aliphatic carbocycles. The van der Waals surface area contributed by atoms with Crippen LogP contribution in [-0.2, 0) is 0 Å². The predicted octanol–water partition coefficient (Wildman–Crippen LogP) is 2.23. The summed E-state index contributed by atoms with van der Waals surface area (Å²) < 4.78 is 15.6. The maximum absolute atomic E-state index is 12.0. The van der Waals surface area contributed by atoms with Gasteiger partial charge in [0.15, 0.2) is 11.5 Å². The number of hydrogen-bond donors (Lipinski definition) is 1. The van der Waals surface area contributed by atoms with E-state index in [9.17, 15) is 4.79 Å². The lowest BCUT2D eigenvalue weighted by molar-refractivity contribution is 0.0954. The first-order chi connectivity index (χ1) is 9.57. The standard InChI is InChI=1S/C14H20N2O4/c1-6-9(2)15-16-14(17)10-7-11(18-3)13(20-5)12(8-10)19-4/h7-8H,6H2,1-5H3,(H,16,17)/b15-9+. The van der Waals surface area contributed by atoms with E-state index in [0.29, 0.717) is 22.8 Å². The van der Waals surface area contributed by atoms with Gasteiger partial charge >= 0.3 is 0 Å². The van der Waals surface area contributed by atoms with Gasteiger partial charge in [0, 0.05) is 11.3 Å². The molecular formula is C14H20N2O4. The Kier molecular flexibility index (Phi) is 5.83. The number of hydrogen-bond acceptors (Lipinski definition) is 5. The molecule has 0 fully saturated rings. The number of ether oxygens (including phenoxy) is 3. The molecular weight excluding hydrogens is 260 g/mol. The molecule has 110 valence electrons.